The molecule has 19 heavy (non-hydrogen) atoms. The Morgan fingerprint density at radius 1 is 1.21 bits per heavy atom. The molecule has 0 radical (unpaired) electrons. The molecule has 1 atom stereocenters. The van der Waals surface area contributed by atoms with Crippen molar-refractivity contribution in [2.24, 2.45) is 0 Å². The Balaban J connectivity index is 2.53. The van der Waals surface area contributed by atoms with Crippen molar-refractivity contribution >= 4 is 0 Å². The van der Waals surface area contributed by atoms with Crippen molar-refractivity contribution in [2.75, 3.05) is 14.2 Å². The maximum absolute atomic E-state index is 13.9. The maximum atomic E-state index is 13.9. The van der Waals surface area contributed by atoms with Gasteiger partial charge in [0.05, 0.1) is 13.2 Å². The summed E-state index contributed by atoms with van der Waals surface area (Å²) < 4.78 is 32.4. The van der Waals surface area contributed by atoms with Crippen molar-refractivity contribution < 1.29 is 13.5 Å². The maximum Gasteiger partial charge on any atom is 0.163 e. The van der Waals surface area contributed by atoms with Crippen LogP contribution in [-0.2, 0) is 0 Å². The quantitative estimate of drug-likeness (QED) is 0.922. The zero-order chi connectivity index (χ0) is 13.8. The second-order valence-corrected chi connectivity index (χ2v) is 3.96. The SMILES string of the molecule is CNC(c1cccc(F)c1F)c1ncccc1OC. The molecule has 0 aliphatic rings. The molecular weight excluding hydrogens is 250 g/mol. The number of methoxy groups -OCH3 is 1. The van der Waals surface area contributed by atoms with Gasteiger partial charge in [-0.15, -0.1) is 0 Å². The highest BCUT2D eigenvalue weighted by molar-refractivity contribution is 5.37. The Labute approximate surface area is 110 Å². The van der Waals surface area contributed by atoms with Crippen molar-refractivity contribution in [3.8, 4) is 5.75 Å². The van der Waals surface area contributed by atoms with Gasteiger partial charge in [-0.1, -0.05) is 12.1 Å². The van der Waals surface area contributed by atoms with Gasteiger partial charge in [0, 0.05) is 11.8 Å². The Kier molecular flexibility index (Phi) is 4.06. The molecule has 0 spiro atoms. The van der Waals surface area contributed by atoms with Gasteiger partial charge in [-0.25, -0.2) is 8.78 Å². The first kappa shape index (κ1) is 13.4. The number of nitrogens with one attached hydrogen (secondary N) is 1. The summed E-state index contributed by atoms with van der Waals surface area (Å²) in [6, 6.07) is 6.94. The van der Waals surface area contributed by atoms with Crippen LogP contribution in [0.25, 0.3) is 0 Å². The Morgan fingerprint density at radius 3 is 2.68 bits per heavy atom. The lowest BCUT2D eigenvalue weighted by atomic mass is 10.0. The molecule has 0 bridgehead atoms. The molecule has 2 aromatic rings. The summed E-state index contributed by atoms with van der Waals surface area (Å²) in [5, 5.41) is 2.93. The van der Waals surface area contributed by atoms with E-state index in [1.54, 1.807) is 25.4 Å². The fraction of sp³-hybridized carbons (Fsp3) is 0.214. The molecule has 1 N–H and O–H groups in total. The van der Waals surface area contributed by atoms with E-state index >= 15 is 0 Å². The third-order valence-electron chi connectivity index (χ3n) is 2.87. The molecular formula is C14H14F2N2O. The van der Waals surface area contributed by atoms with Crippen molar-refractivity contribution in [2.45, 2.75) is 6.04 Å². The first-order valence-corrected chi connectivity index (χ1v) is 5.79. The number of halogens is 2. The number of hydrogen-bond donors (Lipinski definition) is 1. The van der Waals surface area contributed by atoms with Gasteiger partial charge in [-0.2, -0.15) is 0 Å². The zero-order valence-corrected chi connectivity index (χ0v) is 10.7. The molecule has 1 aromatic heterocycles. The lowest BCUT2D eigenvalue weighted by Crippen LogP contribution is -2.21. The largest absolute Gasteiger partial charge is 0.495 e. The van der Waals surface area contributed by atoms with E-state index in [0.29, 0.717) is 11.4 Å². The third kappa shape index (κ3) is 2.56. The van der Waals surface area contributed by atoms with E-state index in [4.69, 9.17) is 4.74 Å². The number of nitrogens with zero attached hydrogens (tertiary/aromatic N) is 1. The lowest BCUT2D eigenvalue weighted by Gasteiger charge is -2.19. The highest BCUT2D eigenvalue weighted by Gasteiger charge is 2.22. The van der Waals surface area contributed by atoms with Crippen LogP contribution in [0.5, 0.6) is 5.75 Å². The zero-order valence-electron chi connectivity index (χ0n) is 10.7. The molecule has 1 unspecified atom stereocenters. The van der Waals surface area contributed by atoms with Crippen LogP contribution in [0, 0.1) is 11.6 Å². The van der Waals surface area contributed by atoms with E-state index in [-0.39, 0.29) is 5.56 Å². The molecule has 1 heterocycles. The van der Waals surface area contributed by atoms with Crippen LogP contribution in [0.4, 0.5) is 8.78 Å². The van der Waals surface area contributed by atoms with E-state index in [9.17, 15) is 8.78 Å². The summed E-state index contributed by atoms with van der Waals surface area (Å²) in [7, 11) is 3.16. The van der Waals surface area contributed by atoms with Gasteiger partial charge in [0.25, 0.3) is 0 Å². The first-order valence-electron chi connectivity index (χ1n) is 5.79. The fourth-order valence-corrected chi connectivity index (χ4v) is 1.98. The Hall–Kier alpha value is -2.01. The molecule has 0 fully saturated rings. The first-order chi connectivity index (χ1) is 9.19. The van der Waals surface area contributed by atoms with Crippen LogP contribution in [0.1, 0.15) is 17.3 Å². The Bertz CT molecular complexity index is 575. The summed E-state index contributed by atoms with van der Waals surface area (Å²) in [5.74, 6) is -1.24. The smallest absolute Gasteiger partial charge is 0.163 e. The normalized spacial score (nSPS) is 12.2. The van der Waals surface area contributed by atoms with Crippen LogP contribution in [0.3, 0.4) is 0 Å². The number of hydrogen-bond acceptors (Lipinski definition) is 3. The van der Waals surface area contributed by atoms with Gasteiger partial charge in [0.15, 0.2) is 11.6 Å². The van der Waals surface area contributed by atoms with Crippen molar-refractivity contribution in [3.63, 3.8) is 0 Å². The fourth-order valence-electron chi connectivity index (χ4n) is 1.98. The second-order valence-electron chi connectivity index (χ2n) is 3.96. The standard InChI is InChI=1S/C14H14F2N2O/c1-17-13(9-5-3-6-10(15)12(9)16)14-11(19-2)7-4-8-18-14/h3-8,13,17H,1-2H3. The number of aromatic nitrogens is 1. The predicted molar refractivity (Wildman–Crippen MR) is 68.0 cm³/mol. The second kappa shape index (κ2) is 5.75. The van der Waals surface area contributed by atoms with E-state index in [1.807, 2.05) is 0 Å². The summed E-state index contributed by atoms with van der Waals surface area (Å²) in [6.45, 7) is 0. The van der Waals surface area contributed by atoms with Gasteiger partial charge < -0.3 is 10.1 Å². The average Bonchev–Trinajstić information content (AvgIpc) is 2.45. The van der Waals surface area contributed by atoms with Gasteiger partial charge in [0.2, 0.25) is 0 Å². The summed E-state index contributed by atoms with van der Waals surface area (Å²) in [6.07, 6.45) is 1.58. The van der Waals surface area contributed by atoms with Crippen LogP contribution in [0.2, 0.25) is 0 Å². The van der Waals surface area contributed by atoms with Gasteiger partial charge in [-0.05, 0) is 25.2 Å². The number of benzene rings is 1. The molecule has 0 saturated heterocycles. The third-order valence-corrected chi connectivity index (χ3v) is 2.87. The highest BCUT2D eigenvalue weighted by Crippen LogP contribution is 2.29. The van der Waals surface area contributed by atoms with Crippen LogP contribution in [0.15, 0.2) is 36.5 Å². The lowest BCUT2D eigenvalue weighted by molar-refractivity contribution is 0.399. The minimum absolute atomic E-state index is 0.194. The molecule has 100 valence electrons. The molecule has 0 saturated carbocycles. The van der Waals surface area contributed by atoms with E-state index in [2.05, 4.69) is 10.3 Å². The van der Waals surface area contributed by atoms with E-state index in [0.717, 1.165) is 6.07 Å². The van der Waals surface area contributed by atoms with Crippen molar-refractivity contribution in [1.29, 1.82) is 0 Å². The van der Waals surface area contributed by atoms with E-state index in [1.165, 1.54) is 19.2 Å². The molecule has 3 nitrogen and oxygen atoms in total. The van der Waals surface area contributed by atoms with E-state index < -0.39 is 17.7 Å². The predicted octanol–water partition coefficient (Wildman–Crippen LogP) is 2.68. The molecule has 2 rings (SSSR count). The monoisotopic (exact) mass is 264 g/mol. The average molecular weight is 264 g/mol. The highest BCUT2D eigenvalue weighted by atomic mass is 19.2. The molecule has 0 aliphatic carbocycles. The van der Waals surface area contributed by atoms with Crippen molar-refractivity contribution in [3.05, 3.63) is 59.4 Å². The molecule has 0 aliphatic heterocycles. The van der Waals surface area contributed by atoms with Gasteiger partial charge in [0.1, 0.15) is 11.4 Å². The Morgan fingerprint density at radius 2 is 2.00 bits per heavy atom. The topological polar surface area (TPSA) is 34.2 Å². The molecule has 5 heteroatoms. The van der Waals surface area contributed by atoms with Crippen LogP contribution in [-0.4, -0.2) is 19.1 Å². The number of pyridine rings is 1. The van der Waals surface area contributed by atoms with Gasteiger partial charge in [-0.3, -0.25) is 4.98 Å². The molecule has 1 aromatic carbocycles. The minimum Gasteiger partial charge on any atom is -0.495 e. The summed E-state index contributed by atoms with van der Waals surface area (Å²) >= 11 is 0. The number of rotatable bonds is 4. The minimum atomic E-state index is -0.882. The number of ether oxygens (including phenoxy) is 1. The van der Waals surface area contributed by atoms with Gasteiger partial charge >= 0.3 is 0 Å². The molecule has 0 amide bonds. The van der Waals surface area contributed by atoms with Crippen LogP contribution >= 0.6 is 0 Å². The summed E-state index contributed by atoms with van der Waals surface area (Å²) in [5.41, 5.74) is 0.705. The van der Waals surface area contributed by atoms with Crippen molar-refractivity contribution in [1.82, 2.24) is 10.3 Å². The summed E-state index contributed by atoms with van der Waals surface area (Å²) in [4.78, 5) is 4.19. The van der Waals surface area contributed by atoms with Crippen LogP contribution < -0.4 is 10.1 Å².